The van der Waals surface area contributed by atoms with Gasteiger partial charge in [-0.25, -0.2) is 0 Å². The van der Waals surface area contributed by atoms with E-state index in [0.717, 1.165) is 6.42 Å². The van der Waals surface area contributed by atoms with Crippen molar-refractivity contribution in [3.8, 4) is 0 Å². The molecular weight excluding hydrogens is 212 g/mol. The van der Waals surface area contributed by atoms with Crippen LogP contribution in [0.1, 0.15) is 66.2 Å². The lowest BCUT2D eigenvalue weighted by atomic mass is 9.83. The molecule has 0 radical (unpaired) electrons. The first kappa shape index (κ1) is 14.5. The minimum absolute atomic E-state index is 0.0910. The molecule has 1 rings (SSSR count). The first-order chi connectivity index (χ1) is 7.87. The Balaban J connectivity index is 2.32. The summed E-state index contributed by atoms with van der Waals surface area (Å²) >= 11 is 0. The number of carbonyl (C=O) groups excluding carboxylic acids is 1. The summed E-state index contributed by atoms with van der Waals surface area (Å²) < 4.78 is 0. The molecule has 0 saturated heterocycles. The Kier molecular flexibility index (Phi) is 4.99. The number of amides is 1. The fraction of sp³-hybridized carbons (Fsp3) is 0.929. The quantitative estimate of drug-likeness (QED) is 0.775. The van der Waals surface area contributed by atoms with Crippen LogP contribution in [0.5, 0.6) is 0 Å². The molecule has 2 N–H and O–H groups in total. The Morgan fingerprint density at radius 3 is 2.35 bits per heavy atom. The molecule has 0 spiro atoms. The third kappa shape index (κ3) is 5.07. The van der Waals surface area contributed by atoms with E-state index in [2.05, 4.69) is 38.3 Å². The number of rotatable bonds is 5. The predicted molar refractivity (Wildman–Crippen MR) is 72.0 cm³/mol. The van der Waals surface area contributed by atoms with E-state index in [-0.39, 0.29) is 17.0 Å². The van der Waals surface area contributed by atoms with Crippen LogP contribution in [0.2, 0.25) is 0 Å². The molecule has 3 nitrogen and oxygen atoms in total. The standard InChI is InChI=1S/C14H28N2O/c1-5-13(2,3)16-12(17)11-15-14(4)9-7-6-8-10-14/h15H,5-11H2,1-4H3,(H,16,17). The normalized spacial score (nSPS) is 20.0. The first-order valence-electron chi connectivity index (χ1n) is 6.93. The van der Waals surface area contributed by atoms with Crippen molar-refractivity contribution in [1.82, 2.24) is 10.6 Å². The summed E-state index contributed by atoms with van der Waals surface area (Å²) in [6, 6.07) is 0. The lowest BCUT2D eigenvalue weighted by Gasteiger charge is -2.35. The Hall–Kier alpha value is -0.570. The Labute approximate surface area is 106 Å². The third-order valence-electron chi connectivity index (χ3n) is 3.99. The second-order valence-electron chi connectivity index (χ2n) is 6.26. The second kappa shape index (κ2) is 5.85. The SMILES string of the molecule is CCC(C)(C)NC(=O)CNC1(C)CCCCC1. The maximum absolute atomic E-state index is 11.8. The second-order valence-corrected chi connectivity index (χ2v) is 6.26. The Morgan fingerprint density at radius 1 is 1.24 bits per heavy atom. The highest BCUT2D eigenvalue weighted by atomic mass is 16.2. The van der Waals surface area contributed by atoms with Crippen LogP contribution in [0.3, 0.4) is 0 Å². The molecule has 0 unspecified atom stereocenters. The van der Waals surface area contributed by atoms with Gasteiger partial charge < -0.3 is 10.6 Å². The average Bonchev–Trinajstić information content (AvgIpc) is 2.27. The van der Waals surface area contributed by atoms with Gasteiger partial charge in [0.2, 0.25) is 5.91 Å². The minimum Gasteiger partial charge on any atom is -0.350 e. The van der Waals surface area contributed by atoms with Gasteiger partial charge in [-0.05, 0) is 40.0 Å². The summed E-state index contributed by atoms with van der Waals surface area (Å²) in [5.74, 6) is 0.114. The van der Waals surface area contributed by atoms with E-state index in [1.807, 2.05) is 0 Å². The van der Waals surface area contributed by atoms with Gasteiger partial charge in [0.05, 0.1) is 6.54 Å². The lowest BCUT2D eigenvalue weighted by molar-refractivity contribution is -0.122. The molecule has 3 heteroatoms. The van der Waals surface area contributed by atoms with Crippen molar-refractivity contribution in [3.63, 3.8) is 0 Å². The monoisotopic (exact) mass is 240 g/mol. The van der Waals surface area contributed by atoms with Gasteiger partial charge in [0, 0.05) is 11.1 Å². The summed E-state index contributed by atoms with van der Waals surface area (Å²) in [5.41, 5.74) is 0.0815. The maximum Gasteiger partial charge on any atom is 0.234 e. The summed E-state index contributed by atoms with van der Waals surface area (Å²) in [7, 11) is 0. The zero-order valence-corrected chi connectivity index (χ0v) is 11.9. The van der Waals surface area contributed by atoms with E-state index in [0.29, 0.717) is 6.54 Å². The molecule has 1 saturated carbocycles. The highest BCUT2D eigenvalue weighted by molar-refractivity contribution is 5.78. The van der Waals surface area contributed by atoms with Crippen LogP contribution in [-0.2, 0) is 4.79 Å². The van der Waals surface area contributed by atoms with Gasteiger partial charge in [0.1, 0.15) is 0 Å². The Morgan fingerprint density at radius 2 is 1.82 bits per heavy atom. The zero-order valence-electron chi connectivity index (χ0n) is 11.9. The number of hydrogen-bond acceptors (Lipinski definition) is 2. The molecule has 100 valence electrons. The van der Waals surface area contributed by atoms with Crippen LogP contribution in [0.25, 0.3) is 0 Å². The van der Waals surface area contributed by atoms with Crippen LogP contribution in [0.15, 0.2) is 0 Å². The smallest absolute Gasteiger partial charge is 0.234 e. The van der Waals surface area contributed by atoms with Crippen molar-refractivity contribution < 1.29 is 4.79 Å². The highest BCUT2D eigenvalue weighted by Crippen LogP contribution is 2.27. The fourth-order valence-corrected chi connectivity index (χ4v) is 2.31. The first-order valence-corrected chi connectivity index (χ1v) is 6.93. The van der Waals surface area contributed by atoms with Crippen LogP contribution < -0.4 is 10.6 Å². The predicted octanol–water partition coefficient (Wildman–Crippen LogP) is 2.60. The lowest BCUT2D eigenvalue weighted by Crippen LogP contribution is -2.51. The fourth-order valence-electron chi connectivity index (χ4n) is 2.31. The molecule has 1 aliphatic rings. The average molecular weight is 240 g/mol. The van der Waals surface area contributed by atoms with Gasteiger partial charge in [-0.2, -0.15) is 0 Å². The highest BCUT2D eigenvalue weighted by Gasteiger charge is 2.27. The third-order valence-corrected chi connectivity index (χ3v) is 3.99. The molecule has 0 atom stereocenters. The molecule has 0 aromatic carbocycles. The molecule has 0 aliphatic heterocycles. The number of hydrogen-bond donors (Lipinski definition) is 2. The number of carbonyl (C=O) groups is 1. The van der Waals surface area contributed by atoms with Crippen LogP contribution in [0.4, 0.5) is 0 Å². The van der Waals surface area contributed by atoms with E-state index in [1.54, 1.807) is 0 Å². The van der Waals surface area contributed by atoms with Crippen molar-refractivity contribution in [2.24, 2.45) is 0 Å². The van der Waals surface area contributed by atoms with Crippen molar-refractivity contribution in [2.75, 3.05) is 6.54 Å². The van der Waals surface area contributed by atoms with Gasteiger partial charge in [-0.15, -0.1) is 0 Å². The molecule has 17 heavy (non-hydrogen) atoms. The van der Waals surface area contributed by atoms with Crippen molar-refractivity contribution >= 4 is 5.91 Å². The van der Waals surface area contributed by atoms with E-state index in [9.17, 15) is 4.79 Å². The largest absolute Gasteiger partial charge is 0.350 e. The van der Waals surface area contributed by atoms with E-state index in [4.69, 9.17) is 0 Å². The van der Waals surface area contributed by atoms with E-state index >= 15 is 0 Å². The molecule has 1 fully saturated rings. The summed E-state index contributed by atoms with van der Waals surface area (Å²) in [5, 5.41) is 6.49. The van der Waals surface area contributed by atoms with Crippen LogP contribution in [-0.4, -0.2) is 23.5 Å². The molecule has 0 aromatic heterocycles. The Bertz CT molecular complexity index is 255. The molecule has 1 amide bonds. The van der Waals surface area contributed by atoms with Gasteiger partial charge in [-0.1, -0.05) is 26.2 Å². The summed E-state index contributed by atoms with van der Waals surface area (Å²) in [6.45, 7) is 8.90. The molecule has 0 heterocycles. The van der Waals surface area contributed by atoms with Crippen molar-refractivity contribution in [3.05, 3.63) is 0 Å². The van der Waals surface area contributed by atoms with Crippen LogP contribution in [0, 0.1) is 0 Å². The molecule has 0 bridgehead atoms. The van der Waals surface area contributed by atoms with Gasteiger partial charge >= 0.3 is 0 Å². The van der Waals surface area contributed by atoms with Gasteiger partial charge in [-0.3, -0.25) is 4.79 Å². The van der Waals surface area contributed by atoms with E-state index in [1.165, 1.54) is 32.1 Å². The van der Waals surface area contributed by atoms with Crippen molar-refractivity contribution in [1.29, 1.82) is 0 Å². The van der Waals surface area contributed by atoms with Crippen LogP contribution >= 0.6 is 0 Å². The molecule has 1 aliphatic carbocycles. The van der Waals surface area contributed by atoms with E-state index < -0.39 is 0 Å². The van der Waals surface area contributed by atoms with Gasteiger partial charge in [0.15, 0.2) is 0 Å². The molecular formula is C14H28N2O. The minimum atomic E-state index is -0.0910. The molecule has 0 aromatic rings. The van der Waals surface area contributed by atoms with Gasteiger partial charge in [0.25, 0.3) is 0 Å². The summed E-state index contributed by atoms with van der Waals surface area (Å²) in [4.78, 5) is 11.8. The zero-order chi connectivity index (χ0) is 12.9. The maximum atomic E-state index is 11.8. The summed E-state index contributed by atoms with van der Waals surface area (Å²) in [6.07, 6.45) is 7.24. The number of nitrogens with one attached hydrogen (secondary N) is 2. The topological polar surface area (TPSA) is 41.1 Å². The van der Waals surface area contributed by atoms with Crippen molar-refractivity contribution in [2.45, 2.75) is 77.3 Å².